The van der Waals surface area contributed by atoms with E-state index in [9.17, 15) is 14.4 Å². The lowest BCUT2D eigenvalue weighted by atomic mass is 10.1. The van der Waals surface area contributed by atoms with Crippen LogP contribution in [-0.4, -0.2) is 39.1 Å². The molecule has 0 aromatic rings. The summed E-state index contributed by atoms with van der Waals surface area (Å²) in [5.74, 6) is -2.34. The maximum Gasteiger partial charge on any atom is 0.431 e. The summed E-state index contributed by atoms with van der Waals surface area (Å²) < 4.78 is 0. The first-order valence-corrected chi connectivity index (χ1v) is 4.86. The van der Waals surface area contributed by atoms with Crippen LogP contribution in [0.5, 0.6) is 0 Å². The van der Waals surface area contributed by atoms with Crippen molar-refractivity contribution in [3.63, 3.8) is 0 Å². The van der Waals surface area contributed by atoms with Gasteiger partial charge in [0, 0.05) is 17.6 Å². The number of hydrogen-bond donors (Lipinski definition) is 3. The van der Waals surface area contributed by atoms with Crippen LogP contribution >= 0.6 is 0 Å². The summed E-state index contributed by atoms with van der Waals surface area (Å²) in [5, 5.41) is 25.8. The van der Waals surface area contributed by atoms with Gasteiger partial charge >= 0.3 is 18.0 Å². The molecule has 0 fully saturated rings. The van der Waals surface area contributed by atoms with Crippen LogP contribution in [0.4, 0.5) is 4.79 Å². The highest BCUT2D eigenvalue weighted by atomic mass is 16.4. The Morgan fingerprint density at radius 3 is 1.89 bits per heavy atom. The molecule has 0 saturated heterocycles. The van der Waals surface area contributed by atoms with Gasteiger partial charge in [-0.2, -0.15) is 4.99 Å². The molecule has 0 aliphatic heterocycles. The highest BCUT2D eigenvalue weighted by Crippen LogP contribution is 2.02. The van der Waals surface area contributed by atoms with Crippen molar-refractivity contribution in [1.29, 1.82) is 0 Å². The Bertz CT molecular complexity index is 458. The summed E-state index contributed by atoms with van der Waals surface area (Å²) in [6.07, 6.45) is 0.799. The number of amides is 1. The van der Waals surface area contributed by atoms with Crippen LogP contribution in [0.2, 0.25) is 0 Å². The highest BCUT2D eigenvalue weighted by Gasteiger charge is 2.06. The second-order valence-corrected chi connectivity index (χ2v) is 3.41. The number of nitrogens with zero attached hydrogens (tertiary/aromatic N) is 1. The van der Waals surface area contributed by atoms with Gasteiger partial charge in [-0.1, -0.05) is 6.08 Å². The fourth-order valence-electron chi connectivity index (χ4n) is 0.916. The molecule has 0 bridgehead atoms. The maximum absolute atomic E-state index is 10.6. The van der Waals surface area contributed by atoms with Gasteiger partial charge < -0.3 is 15.3 Å². The molecule has 7 heteroatoms. The number of carboxylic acid groups (broad SMARTS) is 3. The zero-order valence-electron chi connectivity index (χ0n) is 9.88. The lowest BCUT2D eigenvalue weighted by Gasteiger charge is -1.98. The second kappa shape index (κ2) is 7.00. The minimum absolute atomic E-state index is 0.0227. The topological polar surface area (TPSA) is 124 Å². The van der Waals surface area contributed by atoms with Gasteiger partial charge in [0.15, 0.2) is 0 Å². The average molecular weight is 255 g/mol. The van der Waals surface area contributed by atoms with E-state index in [0.717, 1.165) is 6.08 Å². The van der Waals surface area contributed by atoms with Gasteiger partial charge in [-0.05, 0) is 19.9 Å². The highest BCUT2D eigenvalue weighted by molar-refractivity contribution is 6.06. The molecule has 0 rings (SSSR count). The summed E-state index contributed by atoms with van der Waals surface area (Å²) in [6, 6.07) is 0. The van der Waals surface area contributed by atoms with Crippen molar-refractivity contribution in [2.75, 3.05) is 0 Å². The van der Waals surface area contributed by atoms with Crippen molar-refractivity contribution >= 4 is 23.7 Å². The van der Waals surface area contributed by atoms with E-state index < -0.39 is 18.0 Å². The third kappa shape index (κ3) is 6.21. The molecule has 0 heterocycles. The summed E-state index contributed by atoms with van der Waals surface area (Å²) >= 11 is 0. The first kappa shape index (κ1) is 15.6. The van der Waals surface area contributed by atoms with Crippen molar-refractivity contribution in [3.05, 3.63) is 23.3 Å². The Hall–Kier alpha value is -2.44. The van der Waals surface area contributed by atoms with Gasteiger partial charge in [-0.3, -0.25) is 0 Å². The van der Waals surface area contributed by atoms with E-state index in [-0.39, 0.29) is 23.3 Å². The van der Waals surface area contributed by atoms with E-state index in [1.165, 1.54) is 19.9 Å². The first-order valence-electron chi connectivity index (χ1n) is 4.86. The molecule has 0 spiro atoms. The summed E-state index contributed by atoms with van der Waals surface area (Å²) in [4.78, 5) is 34.7. The number of carbonyl (C=O) groups is 3. The molecule has 0 unspecified atom stereocenters. The minimum Gasteiger partial charge on any atom is -0.478 e. The van der Waals surface area contributed by atoms with Gasteiger partial charge in [-0.15, -0.1) is 0 Å². The largest absolute Gasteiger partial charge is 0.478 e. The number of carboxylic acids is 2. The van der Waals surface area contributed by atoms with Crippen molar-refractivity contribution in [2.24, 2.45) is 4.99 Å². The van der Waals surface area contributed by atoms with Crippen molar-refractivity contribution < 1.29 is 29.7 Å². The zero-order valence-corrected chi connectivity index (χ0v) is 9.88. The SMILES string of the molecule is CC(=CCC(C=C(C)C(=O)O)=NC(=O)O)C(=O)O. The Morgan fingerprint density at radius 2 is 1.50 bits per heavy atom. The molecule has 98 valence electrons. The molecule has 0 atom stereocenters. The van der Waals surface area contributed by atoms with Crippen LogP contribution in [-0.2, 0) is 9.59 Å². The van der Waals surface area contributed by atoms with Gasteiger partial charge in [0.05, 0.1) is 5.71 Å². The quantitative estimate of drug-likeness (QED) is 0.505. The number of aliphatic carboxylic acids is 2. The Morgan fingerprint density at radius 1 is 1.00 bits per heavy atom. The van der Waals surface area contributed by atoms with E-state index in [4.69, 9.17) is 15.3 Å². The summed E-state index contributed by atoms with van der Waals surface area (Å²) in [6.45, 7) is 2.63. The van der Waals surface area contributed by atoms with Crippen molar-refractivity contribution in [3.8, 4) is 0 Å². The van der Waals surface area contributed by atoms with Crippen LogP contribution < -0.4 is 0 Å². The molecule has 0 radical (unpaired) electrons. The molecule has 0 aliphatic carbocycles. The predicted molar refractivity (Wildman–Crippen MR) is 62.9 cm³/mol. The normalized spacial score (nSPS) is 13.3. The van der Waals surface area contributed by atoms with Gasteiger partial charge in [-0.25, -0.2) is 14.4 Å². The monoisotopic (exact) mass is 255 g/mol. The van der Waals surface area contributed by atoms with E-state index in [0.29, 0.717) is 0 Å². The van der Waals surface area contributed by atoms with E-state index in [1.807, 2.05) is 0 Å². The standard InChI is InChI=1S/C11H13NO6/c1-6(9(13)14)3-4-8(12-11(17)18)5-7(2)10(15)16/h3,5H,4H2,1-2H3,(H,13,14)(H,15,16)(H,17,18). The summed E-state index contributed by atoms with van der Waals surface area (Å²) in [5.41, 5.74) is -0.103. The minimum atomic E-state index is -1.47. The van der Waals surface area contributed by atoms with Gasteiger partial charge in [0.2, 0.25) is 0 Å². The number of rotatable bonds is 5. The van der Waals surface area contributed by atoms with E-state index in [2.05, 4.69) is 4.99 Å². The summed E-state index contributed by atoms with van der Waals surface area (Å²) in [7, 11) is 0. The Kier molecular flexibility index (Phi) is 6.05. The van der Waals surface area contributed by atoms with E-state index >= 15 is 0 Å². The van der Waals surface area contributed by atoms with Gasteiger partial charge in [0.1, 0.15) is 0 Å². The van der Waals surface area contributed by atoms with Crippen LogP contribution in [0, 0.1) is 0 Å². The van der Waals surface area contributed by atoms with Gasteiger partial charge in [0.25, 0.3) is 0 Å². The Balaban J connectivity index is 5.12. The lowest BCUT2D eigenvalue weighted by Crippen LogP contribution is -2.04. The maximum atomic E-state index is 10.6. The average Bonchev–Trinajstić information content (AvgIpc) is 2.24. The number of allylic oxidation sites excluding steroid dienone is 2. The number of aliphatic imine (C=N–C) groups is 1. The number of hydrogen-bond acceptors (Lipinski definition) is 3. The second-order valence-electron chi connectivity index (χ2n) is 3.41. The smallest absolute Gasteiger partial charge is 0.431 e. The van der Waals surface area contributed by atoms with Crippen molar-refractivity contribution in [1.82, 2.24) is 0 Å². The zero-order chi connectivity index (χ0) is 14.3. The van der Waals surface area contributed by atoms with Crippen LogP contribution in [0.3, 0.4) is 0 Å². The third-order valence-corrected chi connectivity index (χ3v) is 1.91. The molecule has 0 saturated carbocycles. The molecule has 18 heavy (non-hydrogen) atoms. The van der Waals surface area contributed by atoms with Crippen LogP contribution in [0.1, 0.15) is 20.3 Å². The molecule has 0 aromatic heterocycles. The Labute approximate surface area is 103 Å². The lowest BCUT2D eigenvalue weighted by molar-refractivity contribution is -0.133. The predicted octanol–water partition coefficient (Wildman–Crippen LogP) is 1.56. The molecule has 3 N–H and O–H groups in total. The molecule has 0 aliphatic rings. The molecular weight excluding hydrogens is 242 g/mol. The molecular formula is C11H13NO6. The fourth-order valence-corrected chi connectivity index (χ4v) is 0.916. The third-order valence-electron chi connectivity index (χ3n) is 1.91. The fraction of sp³-hybridized carbons (Fsp3) is 0.273. The molecule has 0 aromatic carbocycles. The van der Waals surface area contributed by atoms with Crippen molar-refractivity contribution in [2.45, 2.75) is 20.3 Å². The van der Waals surface area contributed by atoms with E-state index in [1.54, 1.807) is 0 Å². The van der Waals surface area contributed by atoms with Crippen LogP contribution in [0.25, 0.3) is 0 Å². The molecule has 7 nitrogen and oxygen atoms in total. The molecule has 1 amide bonds. The van der Waals surface area contributed by atoms with Crippen LogP contribution in [0.15, 0.2) is 28.3 Å². The first-order chi connectivity index (χ1) is 8.23.